The van der Waals surface area contributed by atoms with Gasteiger partial charge in [-0.05, 0) is 81.0 Å². The van der Waals surface area contributed by atoms with Crippen molar-refractivity contribution in [2.75, 3.05) is 62.7 Å². The number of hydrogen-bond donors (Lipinski definition) is 2. The standard InChI is InChI=1S/C34H42N4O3/c1-26-8-10-29(11-9-26)33(39)36-30-12-13-32(38-18-14-28(15-19-38)24-27-6-3-2-4-7-27)31(25-30)34(40)35-16-5-17-37-20-22-41-23-21-37/h2-4,6-13,25,28H,5,14-24H2,1H3,(H,35,40)(H,36,39). The summed E-state index contributed by atoms with van der Waals surface area (Å²) in [6.45, 7) is 8.80. The predicted molar refractivity (Wildman–Crippen MR) is 165 cm³/mol. The van der Waals surface area contributed by atoms with Gasteiger partial charge in [0.25, 0.3) is 11.8 Å². The normalized spacial score (nSPS) is 16.4. The first-order valence-electron chi connectivity index (χ1n) is 14.9. The summed E-state index contributed by atoms with van der Waals surface area (Å²) in [6, 6.07) is 23.9. The molecule has 0 unspecified atom stereocenters. The maximum absolute atomic E-state index is 13.5. The lowest BCUT2D eigenvalue weighted by Gasteiger charge is -2.35. The summed E-state index contributed by atoms with van der Waals surface area (Å²) in [5.74, 6) is 0.357. The van der Waals surface area contributed by atoms with E-state index in [1.165, 1.54) is 5.56 Å². The monoisotopic (exact) mass is 554 g/mol. The number of ether oxygens (including phenoxy) is 1. The van der Waals surface area contributed by atoms with Crippen molar-refractivity contribution in [2.45, 2.75) is 32.6 Å². The number of amides is 2. The van der Waals surface area contributed by atoms with Gasteiger partial charge in [0.2, 0.25) is 0 Å². The van der Waals surface area contributed by atoms with Crippen LogP contribution in [0.15, 0.2) is 72.8 Å². The van der Waals surface area contributed by atoms with Crippen LogP contribution >= 0.6 is 0 Å². The van der Waals surface area contributed by atoms with E-state index in [9.17, 15) is 9.59 Å². The second kappa shape index (κ2) is 14.3. The molecular formula is C34H42N4O3. The van der Waals surface area contributed by atoms with Crippen molar-refractivity contribution in [3.63, 3.8) is 0 Å². The molecule has 2 heterocycles. The van der Waals surface area contributed by atoms with E-state index < -0.39 is 0 Å². The Morgan fingerprint density at radius 2 is 1.61 bits per heavy atom. The molecule has 216 valence electrons. The molecule has 2 saturated heterocycles. The van der Waals surface area contributed by atoms with E-state index in [1.54, 1.807) is 0 Å². The topological polar surface area (TPSA) is 73.9 Å². The largest absolute Gasteiger partial charge is 0.379 e. The smallest absolute Gasteiger partial charge is 0.255 e. The third-order valence-electron chi connectivity index (χ3n) is 8.18. The summed E-state index contributed by atoms with van der Waals surface area (Å²) in [5, 5.41) is 6.13. The Labute approximate surface area is 243 Å². The van der Waals surface area contributed by atoms with Crippen LogP contribution < -0.4 is 15.5 Å². The maximum atomic E-state index is 13.5. The van der Waals surface area contributed by atoms with Gasteiger partial charge in [-0.1, -0.05) is 48.0 Å². The van der Waals surface area contributed by atoms with Crippen LogP contribution in [0.25, 0.3) is 0 Å². The third kappa shape index (κ3) is 8.18. The SMILES string of the molecule is Cc1ccc(C(=O)Nc2ccc(N3CCC(Cc4ccccc4)CC3)c(C(=O)NCCCN3CCOCC3)c2)cc1. The zero-order valence-corrected chi connectivity index (χ0v) is 24.1. The number of carbonyl (C=O) groups excluding carboxylic acids is 2. The highest BCUT2D eigenvalue weighted by molar-refractivity contribution is 6.06. The van der Waals surface area contributed by atoms with Gasteiger partial charge in [0.15, 0.2) is 0 Å². The van der Waals surface area contributed by atoms with Crippen molar-refractivity contribution in [1.29, 1.82) is 0 Å². The molecule has 2 fully saturated rings. The lowest BCUT2D eigenvalue weighted by Crippen LogP contribution is -2.38. The number of nitrogens with one attached hydrogen (secondary N) is 2. The van der Waals surface area contributed by atoms with Crippen LogP contribution in [-0.4, -0.2) is 69.2 Å². The molecule has 41 heavy (non-hydrogen) atoms. The van der Waals surface area contributed by atoms with Gasteiger partial charge in [0.05, 0.1) is 18.8 Å². The fourth-order valence-electron chi connectivity index (χ4n) is 5.73. The van der Waals surface area contributed by atoms with Gasteiger partial charge in [-0.25, -0.2) is 0 Å². The minimum Gasteiger partial charge on any atom is -0.379 e. The zero-order valence-electron chi connectivity index (χ0n) is 24.1. The molecule has 0 aliphatic carbocycles. The van der Waals surface area contributed by atoms with Crippen LogP contribution in [0.4, 0.5) is 11.4 Å². The average molecular weight is 555 g/mol. The fraction of sp³-hybridized carbons (Fsp3) is 0.412. The minimum atomic E-state index is -0.184. The predicted octanol–water partition coefficient (Wildman–Crippen LogP) is 5.16. The summed E-state index contributed by atoms with van der Waals surface area (Å²) < 4.78 is 5.44. The number of aryl methyl sites for hydroxylation is 1. The molecule has 7 nitrogen and oxygen atoms in total. The molecule has 7 heteroatoms. The van der Waals surface area contributed by atoms with Gasteiger partial charge in [0, 0.05) is 49.7 Å². The second-order valence-corrected chi connectivity index (χ2v) is 11.2. The van der Waals surface area contributed by atoms with Crippen LogP contribution in [0.3, 0.4) is 0 Å². The van der Waals surface area contributed by atoms with Crippen LogP contribution in [0.5, 0.6) is 0 Å². The van der Waals surface area contributed by atoms with Crippen LogP contribution in [0.2, 0.25) is 0 Å². The number of benzene rings is 3. The highest BCUT2D eigenvalue weighted by Gasteiger charge is 2.24. The van der Waals surface area contributed by atoms with Gasteiger partial charge in [-0.15, -0.1) is 0 Å². The molecule has 2 aliphatic rings. The van der Waals surface area contributed by atoms with Gasteiger partial charge < -0.3 is 20.3 Å². The van der Waals surface area contributed by atoms with Crippen molar-refractivity contribution in [2.24, 2.45) is 5.92 Å². The highest BCUT2D eigenvalue weighted by Crippen LogP contribution is 2.30. The Bertz CT molecular complexity index is 1280. The molecule has 0 spiro atoms. The lowest BCUT2D eigenvalue weighted by molar-refractivity contribution is 0.0374. The maximum Gasteiger partial charge on any atom is 0.255 e. The molecular weight excluding hydrogens is 512 g/mol. The second-order valence-electron chi connectivity index (χ2n) is 11.2. The number of morpholine rings is 1. The number of hydrogen-bond acceptors (Lipinski definition) is 5. The summed E-state index contributed by atoms with van der Waals surface area (Å²) in [4.78, 5) is 31.1. The van der Waals surface area contributed by atoms with Gasteiger partial charge >= 0.3 is 0 Å². The average Bonchev–Trinajstić information content (AvgIpc) is 3.01. The summed E-state index contributed by atoms with van der Waals surface area (Å²) in [6.07, 6.45) is 4.15. The van der Waals surface area contributed by atoms with E-state index in [1.807, 2.05) is 49.4 Å². The van der Waals surface area contributed by atoms with E-state index in [-0.39, 0.29) is 11.8 Å². The van der Waals surface area contributed by atoms with Crippen molar-refractivity contribution in [3.8, 4) is 0 Å². The number of anilines is 2. The zero-order chi connectivity index (χ0) is 28.4. The molecule has 2 amide bonds. The molecule has 3 aromatic carbocycles. The molecule has 0 bridgehead atoms. The first-order chi connectivity index (χ1) is 20.0. The number of nitrogens with zero attached hydrogens (tertiary/aromatic N) is 2. The molecule has 2 aliphatic heterocycles. The highest BCUT2D eigenvalue weighted by atomic mass is 16.5. The molecule has 3 aromatic rings. The summed E-state index contributed by atoms with van der Waals surface area (Å²) in [5.41, 5.74) is 5.25. The summed E-state index contributed by atoms with van der Waals surface area (Å²) in [7, 11) is 0. The molecule has 5 rings (SSSR count). The van der Waals surface area contributed by atoms with Gasteiger partial charge in [-0.2, -0.15) is 0 Å². The molecule has 2 N–H and O–H groups in total. The van der Waals surface area contributed by atoms with Crippen LogP contribution in [0.1, 0.15) is 51.1 Å². The molecule has 0 saturated carbocycles. The molecule has 0 aromatic heterocycles. The number of piperidine rings is 1. The van der Waals surface area contributed by atoms with Crippen LogP contribution in [-0.2, 0) is 11.2 Å². The quantitative estimate of drug-likeness (QED) is 0.339. The minimum absolute atomic E-state index is 0.0974. The van der Waals surface area contributed by atoms with Gasteiger partial charge in [0.1, 0.15) is 0 Å². The van der Waals surface area contributed by atoms with Crippen molar-refractivity contribution in [3.05, 3.63) is 95.1 Å². The first-order valence-corrected chi connectivity index (χ1v) is 14.9. The van der Waals surface area contributed by atoms with Crippen molar-refractivity contribution >= 4 is 23.2 Å². The number of carbonyl (C=O) groups is 2. The molecule has 0 atom stereocenters. The fourth-order valence-corrected chi connectivity index (χ4v) is 5.73. The number of rotatable bonds is 10. The van der Waals surface area contributed by atoms with Crippen molar-refractivity contribution in [1.82, 2.24) is 10.2 Å². The summed E-state index contributed by atoms with van der Waals surface area (Å²) >= 11 is 0. The van der Waals surface area contributed by atoms with E-state index in [0.717, 1.165) is 82.9 Å². The van der Waals surface area contributed by atoms with Gasteiger partial charge in [-0.3, -0.25) is 14.5 Å². The third-order valence-corrected chi connectivity index (χ3v) is 8.18. The van der Waals surface area contributed by atoms with E-state index >= 15 is 0 Å². The van der Waals surface area contributed by atoms with E-state index in [2.05, 4.69) is 50.8 Å². The Morgan fingerprint density at radius 3 is 2.34 bits per heavy atom. The van der Waals surface area contributed by atoms with Crippen LogP contribution in [0, 0.1) is 12.8 Å². The van der Waals surface area contributed by atoms with E-state index in [0.29, 0.717) is 29.3 Å². The van der Waals surface area contributed by atoms with Crippen molar-refractivity contribution < 1.29 is 14.3 Å². The Kier molecular flexibility index (Phi) is 10.0. The Morgan fingerprint density at radius 1 is 0.878 bits per heavy atom. The molecule has 0 radical (unpaired) electrons. The Hall–Kier alpha value is -3.68. The first kappa shape index (κ1) is 28.8. The lowest BCUT2D eigenvalue weighted by atomic mass is 9.89. The van der Waals surface area contributed by atoms with E-state index in [4.69, 9.17) is 4.74 Å². The Balaban J connectivity index is 1.25.